The number of methoxy groups -OCH3 is 1. The zero-order valence-corrected chi connectivity index (χ0v) is 9.15. The highest BCUT2D eigenvalue weighted by atomic mass is 16.5. The molecule has 0 bridgehead atoms. The van der Waals surface area contributed by atoms with Crippen molar-refractivity contribution in [2.75, 3.05) is 7.11 Å². The first-order valence-electron chi connectivity index (χ1n) is 4.94. The van der Waals surface area contributed by atoms with Gasteiger partial charge in [-0.25, -0.2) is 4.79 Å². The van der Waals surface area contributed by atoms with Crippen molar-refractivity contribution in [2.45, 2.75) is 12.5 Å². The van der Waals surface area contributed by atoms with Gasteiger partial charge in [-0.15, -0.1) is 0 Å². The topological polar surface area (TPSA) is 62.3 Å². The number of carbonyl (C=O) groups excluding carboxylic acids is 1. The van der Waals surface area contributed by atoms with Crippen LogP contribution in [0, 0.1) is 0 Å². The summed E-state index contributed by atoms with van der Waals surface area (Å²) in [4.78, 5) is 14.5. The molecule has 16 heavy (non-hydrogen) atoms. The van der Waals surface area contributed by atoms with Crippen molar-refractivity contribution in [2.24, 2.45) is 0 Å². The van der Waals surface area contributed by atoms with E-state index in [1.165, 1.54) is 14.0 Å². The van der Waals surface area contributed by atoms with E-state index in [0.717, 1.165) is 10.9 Å². The first-order valence-corrected chi connectivity index (χ1v) is 4.94. The van der Waals surface area contributed by atoms with Crippen molar-refractivity contribution in [3.8, 4) is 0 Å². The number of carbonyl (C=O) groups is 1. The smallest absolute Gasteiger partial charge is 0.342 e. The molecule has 4 nitrogen and oxygen atoms in total. The number of aromatic nitrogens is 1. The summed E-state index contributed by atoms with van der Waals surface area (Å²) in [7, 11) is 1.26. The Hall–Kier alpha value is -1.81. The van der Waals surface area contributed by atoms with E-state index >= 15 is 0 Å². The second-order valence-corrected chi connectivity index (χ2v) is 3.81. The predicted molar refractivity (Wildman–Crippen MR) is 59.9 cm³/mol. The monoisotopic (exact) mass is 219 g/mol. The van der Waals surface area contributed by atoms with E-state index in [1.807, 2.05) is 24.3 Å². The highest BCUT2D eigenvalue weighted by Crippen LogP contribution is 2.29. The first-order chi connectivity index (χ1) is 7.57. The molecule has 2 rings (SSSR count). The van der Waals surface area contributed by atoms with Crippen molar-refractivity contribution in [3.63, 3.8) is 0 Å². The number of nitrogens with one attached hydrogen (secondary N) is 1. The molecule has 0 fully saturated rings. The summed E-state index contributed by atoms with van der Waals surface area (Å²) in [5, 5.41) is 11.0. The minimum absolute atomic E-state index is 0.523. The highest BCUT2D eigenvalue weighted by Gasteiger charge is 2.35. The summed E-state index contributed by atoms with van der Waals surface area (Å²) in [5.41, 5.74) is -0.231. The molecule has 2 N–H and O–H groups in total. The molecule has 0 saturated carbocycles. The average molecular weight is 219 g/mol. The van der Waals surface area contributed by atoms with Crippen LogP contribution in [-0.2, 0) is 15.1 Å². The number of hydrogen-bond acceptors (Lipinski definition) is 3. The highest BCUT2D eigenvalue weighted by molar-refractivity contribution is 5.91. The maximum absolute atomic E-state index is 11.5. The van der Waals surface area contributed by atoms with E-state index in [0.29, 0.717) is 5.56 Å². The number of H-pyrrole nitrogens is 1. The van der Waals surface area contributed by atoms with E-state index in [4.69, 9.17) is 0 Å². The van der Waals surface area contributed by atoms with Gasteiger partial charge in [0.2, 0.25) is 0 Å². The molecule has 0 aliphatic rings. The maximum Gasteiger partial charge on any atom is 0.342 e. The molecule has 1 unspecified atom stereocenters. The molecule has 0 amide bonds. The van der Waals surface area contributed by atoms with Crippen molar-refractivity contribution < 1.29 is 14.6 Å². The van der Waals surface area contributed by atoms with Gasteiger partial charge >= 0.3 is 5.97 Å². The summed E-state index contributed by atoms with van der Waals surface area (Å²) in [6.07, 6.45) is 1.63. The van der Waals surface area contributed by atoms with Crippen LogP contribution >= 0.6 is 0 Å². The van der Waals surface area contributed by atoms with E-state index in [1.54, 1.807) is 6.20 Å². The van der Waals surface area contributed by atoms with Crippen LogP contribution in [0.1, 0.15) is 12.5 Å². The number of rotatable bonds is 2. The van der Waals surface area contributed by atoms with E-state index in [-0.39, 0.29) is 0 Å². The Morgan fingerprint density at radius 2 is 2.12 bits per heavy atom. The van der Waals surface area contributed by atoms with Gasteiger partial charge in [-0.2, -0.15) is 0 Å². The first kappa shape index (κ1) is 10.7. The molecule has 1 aromatic heterocycles. The third-order valence-electron chi connectivity index (χ3n) is 2.70. The summed E-state index contributed by atoms with van der Waals surface area (Å²) < 4.78 is 4.58. The SMILES string of the molecule is COC(=O)C(C)(O)c1c[nH]c2ccccc12. The quantitative estimate of drug-likeness (QED) is 0.753. The number of para-hydroxylation sites is 1. The van der Waals surface area contributed by atoms with Crippen molar-refractivity contribution >= 4 is 16.9 Å². The Morgan fingerprint density at radius 1 is 1.44 bits per heavy atom. The number of hydrogen-bond donors (Lipinski definition) is 2. The van der Waals surface area contributed by atoms with Gasteiger partial charge in [0, 0.05) is 22.7 Å². The van der Waals surface area contributed by atoms with E-state index in [9.17, 15) is 9.90 Å². The van der Waals surface area contributed by atoms with Gasteiger partial charge in [-0.3, -0.25) is 0 Å². The fourth-order valence-corrected chi connectivity index (χ4v) is 1.78. The number of ether oxygens (including phenoxy) is 1. The lowest BCUT2D eigenvalue weighted by Crippen LogP contribution is -2.33. The summed E-state index contributed by atoms with van der Waals surface area (Å²) in [6.45, 7) is 1.43. The molecule has 0 radical (unpaired) electrons. The van der Waals surface area contributed by atoms with Crippen LogP contribution in [0.2, 0.25) is 0 Å². The molecule has 0 saturated heterocycles. The van der Waals surface area contributed by atoms with Crippen LogP contribution in [0.15, 0.2) is 30.5 Å². The molecule has 1 atom stereocenters. The molecular weight excluding hydrogens is 206 g/mol. The lowest BCUT2D eigenvalue weighted by atomic mass is 9.96. The van der Waals surface area contributed by atoms with Crippen LogP contribution in [0.25, 0.3) is 10.9 Å². The minimum atomic E-state index is -1.63. The molecule has 0 aliphatic carbocycles. The van der Waals surface area contributed by atoms with E-state index in [2.05, 4.69) is 9.72 Å². The Bertz CT molecular complexity index is 528. The second kappa shape index (κ2) is 3.64. The van der Waals surface area contributed by atoms with Gasteiger partial charge in [0.25, 0.3) is 0 Å². The van der Waals surface area contributed by atoms with Gasteiger partial charge < -0.3 is 14.8 Å². The van der Waals surface area contributed by atoms with Crippen molar-refractivity contribution in [1.82, 2.24) is 4.98 Å². The standard InChI is InChI=1S/C12H13NO3/c1-12(15,11(14)16-2)9-7-13-10-6-4-3-5-8(9)10/h3-7,13,15H,1-2H3. The van der Waals surface area contributed by atoms with Gasteiger partial charge in [0.05, 0.1) is 7.11 Å². The summed E-state index contributed by atoms with van der Waals surface area (Å²) >= 11 is 0. The zero-order chi connectivity index (χ0) is 11.8. The van der Waals surface area contributed by atoms with Gasteiger partial charge in [0.1, 0.15) is 0 Å². The average Bonchev–Trinajstić information content (AvgIpc) is 2.72. The number of benzene rings is 1. The zero-order valence-electron chi connectivity index (χ0n) is 9.15. The molecule has 4 heteroatoms. The Morgan fingerprint density at radius 3 is 2.81 bits per heavy atom. The van der Waals surface area contributed by atoms with Crippen molar-refractivity contribution in [3.05, 3.63) is 36.0 Å². The van der Waals surface area contributed by atoms with Crippen molar-refractivity contribution in [1.29, 1.82) is 0 Å². The maximum atomic E-state index is 11.5. The minimum Gasteiger partial charge on any atom is -0.467 e. The molecule has 84 valence electrons. The van der Waals surface area contributed by atoms with Gasteiger partial charge in [-0.05, 0) is 13.0 Å². The fourth-order valence-electron chi connectivity index (χ4n) is 1.78. The Kier molecular flexibility index (Phi) is 2.44. The number of esters is 1. The molecule has 1 aromatic carbocycles. The van der Waals surface area contributed by atoms with Crippen LogP contribution in [0.5, 0.6) is 0 Å². The summed E-state index contributed by atoms with van der Waals surface area (Å²) in [6, 6.07) is 7.47. The van der Waals surface area contributed by atoms with Gasteiger partial charge in [0.15, 0.2) is 5.60 Å². The predicted octanol–water partition coefficient (Wildman–Crippen LogP) is 1.55. The van der Waals surface area contributed by atoms with Crippen LogP contribution < -0.4 is 0 Å². The third kappa shape index (κ3) is 1.47. The molecule has 0 aliphatic heterocycles. The van der Waals surface area contributed by atoms with E-state index < -0.39 is 11.6 Å². The number of aromatic amines is 1. The normalized spacial score (nSPS) is 14.7. The van der Waals surface area contributed by atoms with Gasteiger partial charge in [-0.1, -0.05) is 18.2 Å². The number of aliphatic hydroxyl groups is 1. The lowest BCUT2D eigenvalue weighted by Gasteiger charge is -2.19. The largest absolute Gasteiger partial charge is 0.467 e. The summed E-state index contributed by atoms with van der Waals surface area (Å²) in [5.74, 6) is -0.669. The fraction of sp³-hybridized carbons (Fsp3) is 0.250. The number of fused-ring (bicyclic) bond motifs is 1. The molecule has 2 aromatic rings. The Labute approximate surface area is 92.9 Å². The van der Waals surface area contributed by atoms with Crippen LogP contribution in [0.4, 0.5) is 0 Å². The molecular formula is C12H13NO3. The van der Waals surface area contributed by atoms with Crippen LogP contribution in [-0.4, -0.2) is 23.2 Å². The molecule has 1 heterocycles. The second-order valence-electron chi connectivity index (χ2n) is 3.81. The molecule has 0 spiro atoms. The lowest BCUT2D eigenvalue weighted by molar-refractivity contribution is -0.161. The third-order valence-corrected chi connectivity index (χ3v) is 2.70. The van der Waals surface area contributed by atoms with Crippen LogP contribution in [0.3, 0.4) is 0 Å². The Balaban J connectivity index is 2.59.